The third kappa shape index (κ3) is 1.60. The van der Waals surface area contributed by atoms with Gasteiger partial charge in [-0.3, -0.25) is 4.99 Å². The average molecular weight is 272 g/mol. The topological polar surface area (TPSA) is 15.6 Å². The Morgan fingerprint density at radius 2 is 2.22 bits per heavy atom. The van der Waals surface area contributed by atoms with Crippen molar-refractivity contribution in [2.75, 3.05) is 12.3 Å². The van der Waals surface area contributed by atoms with Crippen molar-refractivity contribution in [3.8, 4) is 0 Å². The van der Waals surface area contributed by atoms with Crippen LogP contribution < -0.4 is 0 Å². The lowest BCUT2D eigenvalue weighted by atomic mass is 10.1. The van der Waals surface area contributed by atoms with Crippen LogP contribution in [0.2, 0.25) is 0 Å². The van der Waals surface area contributed by atoms with E-state index < -0.39 is 0 Å². The lowest BCUT2D eigenvalue weighted by molar-refractivity contribution is 0.551. The Bertz CT molecular complexity index is 657. The molecule has 0 radical (unpaired) electrons. The summed E-state index contributed by atoms with van der Waals surface area (Å²) < 4.78 is 1.36. The van der Waals surface area contributed by atoms with Gasteiger partial charge in [0.25, 0.3) is 0 Å². The summed E-state index contributed by atoms with van der Waals surface area (Å²) in [6, 6.07) is 8.92. The summed E-state index contributed by atoms with van der Waals surface area (Å²) in [5.41, 5.74) is 1.39. The lowest BCUT2D eigenvalue weighted by Gasteiger charge is -2.18. The second-order valence-corrected chi connectivity index (χ2v) is 6.30. The number of thiophene rings is 1. The smallest absolute Gasteiger partial charge is 0.114 e. The average Bonchev–Trinajstić information content (AvgIpc) is 3.02. The summed E-state index contributed by atoms with van der Waals surface area (Å²) in [5, 5.41) is 5.80. The summed E-state index contributed by atoms with van der Waals surface area (Å²) in [4.78, 5) is 7.17. The molecule has 0 amide bonds. The van der Waals surface area contributed by atoms with Gasteiger partial charge < -0.3 is 4.90 Å². The largest absolute Gasteiger partial charge is 0.333 e. The van der Waals surface area contributed by atoms with Crippen molar-refractivity contribution < 1.29 is 0 Å². The standard InChI is InChI=1S/C14H12N2S2/c1-2-4-13-10(3-1)11(8-18-13)12-7-16-5-6-17-9-14(16)15-12/h1-6,8,12H,7,9H2. The first-order chi connectivity index (χ1) is 8.92. The van der Waals surface area contributed by atoms with Gasteiger partial charge in [0.05, 0.1) is 18.3 Å². The maximum absolute atomic E-state index is 4.88. The molecule has 90 valence electrons. The van der Waals surface area contributed by atoms with Gasteiger partial charge in [-0.25, -0.2) is 0 Å². The van der Waals surface area contributed by atoms with E-state index in [2.05, 4.69) is 46.2 Å². The summed E-state index contributed by atoms with van der Waals surface area (Å²) >= 11 is 3.65. The maximum atomic E-state index is 4.88. The molecule has 0 fully saturated rings. The van der Waals surface area contributed by atoms with E-state index in [1.807, 2.05) is 23.1 Å². The molecule has 1 unspecified atom stereocenters. The molecule has 1 atom stereocenters. The molecule has 2 aliphatic heterocycles. The highest BCUT2D eigenvalue weighted by molar-refractivity contribution is 8.02. The predicted molar refractivity (Wildman–Crippen MR) is 80.3 cm³/mol. The Morgan fingerprint density at radius 1 is 1.28 bits per heavy atom. The number of rotatable bonds is 1. The second-order valence-electron chi connectivity index (χ2n) is 4.50. The SMILES string of the molecule is C1=CN2CC(c3csc4ccccc34)N=C2CS1. The zero-order chi connectivity index (χ0) is 11.9. The quantitative estimate of drug-likeness (QED) is 0.783. The van der Waals surface area contributed by atoms with Gasteiger partial charge >= 0.3 is 0 Å². The Hall–Kier alpha value is -1.26. The number of hydrogen-bond donors (Lipinski definition) is 0. The van der Waals surface area contributed by atoms with Crippen molar-refractivity contribution in [1.29, 1.82) is 0 Å². The van der Waals surface area contributed by atoms with E-state index in [4.69, 9.17) is 4.99 Å². The molecule has 1 aromatic carbocycles. The molecule has 2 aromatic rings. The second kappa shape index (κ2) is 4.14. The van der Waals surface area contributed by atoms with Crippen LogP contribution in [0.5, 0.6) is 0 Å². The van der Waals surface area contributed by atoms with Crippen molar-refractivity contribution in [3.05, 3.63) is 46.8 Å². The van der Waals surface area contributed by atoms with Crippen LogP contribution in [0.25, 0.3) is 10.1 Å². The molecule has 0 spiro atoms. The van der Waals surface area contributed by atoms with E-state index in [-0.39, 0.29) is 0 Å². The van der Waals surface area contributed by atoms with Gasteiger partial charge in [0, 0.05) is 10.9 Å². The summed E-state index contributed by atoms with van der Waals surface area (Å²) in [6.45, 7) is 0.993. The van der Waals surface area contributed by atoms with Crippen LogP contribution in [0.4, 0.5) is 0 Å². The molecule has 2 nitrogen and oxygen atoms in total. The van der Waals surface area contributed by atoms with Crippen molar-refractivity contribution in [2.24, 2.45) is 4.99 Å². The number of thioether (sulfide) groups is 1. The molecular formula is C14H12N2S2. The van der Waals surface area contributed by atoms with Gasteiger partial charge in [-0.1, -0.05) is 18.2 Å². The molecule has 2 aliphatic rings. The fraction of sp³-hybridized carbons (Fsp3) is 0.214. The summed E-state index contributed by atoms with van der Waals surface area (Å²) in [6.07, 6.45) is 2.15. The highest BCUT2D eigenvalue weighted by Crippen LogP contribution is 2.36. The third-order valence-electron chi connectivity index (χ3n) is 3.43. The summed E-state index contributed by atoms with van der Waals surface area (Å²) in [5.74, 6) is 2.23. The first-order valence-corrected chi connectivity index (χ1v) is 7.92. The monoisotopic (exact) mass is 272 g/mol. The highest BCUT2D eigenvalue weighted by Gasteiger charge is 2.27. The van der Waals surface area contributed by atoms with E-state index in [1.54, 1.807) is 0 Å². The molecule has 18 heavy (non-hydrogen) atoms. The van der Waals surface area contributed by atoms with E-state index in [0.717, 1.165) is 12.3 Å². The van der Waals surface area contributed by atoms with Gasteiger partial charge in [0.15, 0.2) is 0 Å². The molecule has 1 aromatic heterocycles. The zero-order valence-electron chi connectivity index (χ0n) is 9.74. The van der Waals surface area contributed by atoms with Crippen molar-refractivity contribution in [3.63, 3.8) is 0 Å². The number of aliphatic imine (C=N–C) groups is 1. The van der Waals surface area contributed by atoms with E-state index >= 15 is 0 Å². The van der Waals surface area contributed by atoms with Crippen LogP contribution in [0.15, 0.2) is 46.2 Å². The predicted octanol–water partition coefficient (Wildman–Crippen LogP) is 3.87. The Kier molecular flexibility index (Phi) is 2.45. The minimum absolute atomic E-state index is 0.305. The van der Waals surface area contributed by atoms with Gasteiger partial charge in [-0.15, -0.1) is 23.1 Å². The molecule has 0 saturated carbocycles. The van der Waals surface area contributed by atoms with Gasteiger partial charge in [0.1, 0.15) is 5.84 Å². The van der Waals surface area contributed by atoms with Gasteiger partial charge in [-0.05, 0) is 27.8 Å². The van der Waals surface area contributed by atoms with E-state index in [1.165, 1.54) is 21.5 Å². The molecule has 4 heteroatoms. The maximum Gasteiger partial charge on any atom is 0.114 e. The Morgan fingerprint density at radius 3 is 3.17 bits per heavy atom. The van der Waals surface area contributed by atoms with Gasteiger partial charge in [-0.2, -0.15) is 0 Å². The summed E-state index contributed by atoms with van der Waals surface area (Å²) in [7, 11) is 0. The minimum atomic E-state index is 0.305. The Balaban J connectivity index is 1.77. The van der Waals surface area contributed by atoms with Crippen molar-refractivity contribution in [1.82, 2.24) is 4.90 Å². The van der Waals surface area contributed by atoms with Crippen LogP contribution in [-0.2, 0) is 0 Å². The van der Waals surface area contributed by atoms with Crippen LogP contribution in [-0.4, -0.2) is 23.0 Å². The number of amidine groups is 1. The number of benzene rings is 1. The Labute approximate surface area is 114 Å². The zero-order valence-corrected chi connectivity index (χ0v) is 11.4. The van der Waals surface area contributed by atoms with Crippen LogP contribution in [0.3, 0.4) is 0 Å². The van der Waals surface area contributed by atoms with E-state index in [9.17, 15) is 0 Å². The van der Waals surface area contributed by atoms with Crippen LogP contribution >= 0.6 is 23.1 Å². The molecule has 0 aliphatic carbocycles. The molecule has 4 rings (SSSR count). The number of nitrogens with zero attached hydrogens (tertiary/aromatic N) is 2. The van der Waals surface area contributed by atoms with E-state index in [0.29, 0.717) is 6.04 Å². The van der Waals surface area contributed by atoms with Crippen molar-refractivity contribution >= 4 is 39.0 Å². The fourth-order valence-electron chi connectivity index (χ4n) is 2.52. The highest BCUT2D eigenvalue weighted by atomic mass is 32.2. The molecule has 0 N–H and O–H groups in total. The fourth-order valence-corrected chi connectivity index (χ4v) is 4.24. The molecular weight excluding hydrogens is 260 g/mol. The number of hydrogen-bond acceptors (Lipinski definition) is 4. The van der Waals surface area contributed by atoms with Crippen LogP contribution in [0, 0.1) is 0 Å². The lowest BCUT2D eigenvalue weighted by Crippen LogP contribution is -2.25. The normalized spacial score (nSPS) is 22.3. The number of fused-ring (bicyclic) bond motifs is 2. The molecule has 3 heterocycles. The molecule has 0 saturated heterocycles. The third-order valence-corrected chi connectivity index (χ3v) is 5.15. The van der Waals surface area contributed by atoms with Crippen molar-refractivity contribution in [2.45, 2.75) is 6.04 Å². The first kappa shape index (κ1) is 10.6. The molecule has 0 bridgehead atoms. The van der Waals surface area contributed by atoms with Gasteiger partial charge in [0.2, 0.25) is 0 Å². The van der Waals surface area contributed by atoms with Crippen LogP contribution in [0.1, 0.15) is 11.6 Å². The minimum Gasteiger partial charge on any atom is -0.333 e. The first-order valence-electron chi connectivity index (χ1n) is 5.99.